The van der Waals surface area contributed by atoms with E-state index in [-0.39, 0.29) is 33.6 Å². The van der Waals surface area contributed by atoms with Crippen LogP contribution in [-0.4, -0.2) is 49.5 Å². The Morgan fingerprint density at radius 2 is 1.54 bits per heavy atom. The van der Waals surface area contributed by atoms with E-state index >= 15 is 0 Å². The van der Waals surface area contributed by atoms with Gasteiger partial charge >= 0.3 is 11.9 Å². The van der Waals surface area contributed by atoms with Gasteiger partial charge in [-0.05, 0) is 38.0 Å². The van der Waals surface area contributed by atoms with Crippen LogP contribution in [0.4, 0.5) is 11.5 Å². The van der Waals surface area contributed by atoms with Gasteiger partial charge in [-0.25, -0.2) is 22.0 Å². The quantitative estimate of drug-likeness (QED) is 0.232. The van der Waals surface area contributed by atoms with Gasteiger partial charge in [0.25, 0.3) is 15.7 Å². The van der Waals surface area contributed by atoms with Crippen molar-refractivity contribution < 1.29 is 32.4 Å². The van der Waals surface area contributed by atoms with Crippen LogP contribution >= 0.6 is 0 Å². The average Bonchev–Trinajstić information content (AvgIpc) is 3.28. The molecular weight excluding hydrogens is 526 g/mol. The molecule has 206 valence electrons. The third-order valence-corrected chi connectivity index (χ3v) is 8.48. The predicted molar refractivity (Wildman–Crippen MR) is 143 cm³/mol. The molecule has 0 saturated heterocycles. The molecule has 1 N–H and O–H groups in total. The van der Waals surface area contributed by atoms with E-state index in [1.165, 1.54) is 36.4 Å². The van der Waals surface area contributed by atoms with E-state index in [9.17, 15) is 28.1 Å². The summed E-state index contributed by atoms with van der Waals surface area (Å²) in [6.45, 7) is 1.80. The third kappa shape index (κ3) is 5.24. The van der Waals surface area contributed by atoms with Crippen molar-refractivity contribution in [2.45, 2.75) is 50.0 Å². The fraction of sp³-hybridized carbons (Fsp3) is 0.333. The first-order valence-corrected chi connectivity index (χ1v) is 13.8. The Kier molecular flexibility index (Phi) is 8.05. The lowest BCUT2D eigenvalue weighted by molar-refractivity contribution is -0.384. The van der Waals surface area contributed by atoms with Crippen LogP contribution in [-0.2, 0) is 19.5 Å². The largest absolute Gasteiger partial charge is 0.465 e. The van der Waals surface area contributed by atoms with Gasteiger partial charge < -0.3 is 14.8 Å². The van der Waals surface area contributed by atoms with Gasteiger partial charge in [0.15, 0.2) is 0 Å². The molecule has 3 aromatic rings. The van der Waals surface area contributed by atoms with Crippen molar-refractivity contribution in [2.75, 3.05) is 19.5 Å². The van der Waals surface area contributed by atoms with Crippen molar-refractivity contribution in [1.82, 2.24) is 3.97 Å². The summed E-state index contributed by atoms with van der Waals surface area (Å²) in [4.78, 5) is 37.7. The number of nitro benzene ring substituents is 1. The first-order valence-electron chi connectivity index (χ1n) is 12.4. The average molecular weight is 556 g/mol. The van der Waals surface area contributed by atoms with Gasteiger partial charge in [-0.1, -0.05) is 49.1 Å². The number of esters is 2. The van der Waals surface area contributed by atoms with Crippen molar-refractivity contribution >= 4 is 33.5 Å². The summed E-state index contributed by atoms with van der Waals surface area (Å²) in [6.07, 6.45) is 4.18. The topological polar surface area (TPSA) is 147 Å². The molecule has 1 aliphatic carbocycles. The van der Waals surface area contributed by atoms with Crippen molar-refractivity contribution in [2.24, 2.45) is 0 Å². The normalized spacial score (nSPS) is 14.0. The second-order valence-electron chi connectivity index (χ2n) is 9.27. The van der Waals surface area contributed by atoms with E-state index in [2.05, 4.69) is 5.32 Å². The molecule has 0 amide bonds. The number of hydrogen-bond donors (Lipinski definition) is 1. The van der Waals surface area contributed by atoms with Crippen molar-refractivity contribution in [3.63, 3.8) is 0 Å². The maximum atomic E-state index is 14.3. The molecule has 1 aliphatic rings. The standard InChI is InChI=1S/C27H29N3O8S/c1-17-13-15-19(16-14-17)39(35,36)29-24(20-11-7-8-12-21(20)30(33)34)22(26(31)37-2)23(27(32)38-3)25(29)28-18-9-5-4-6-10-18/h7-8,11-16,18,28H,4-6,9-10H2,1-3H3. The zero-order valence-corrected chi connectivity index (χ0v) is 22.6. The minimum atomic E-state index is -4.53. The fourth-order valence-corrected chi connectivity index (χ4v) is 6.36. The molecule has 2 aromatic carbocycles. The highest BCUT2D eigenvalue weighted by Crippen LogP contribution is 2.43. The summed E-state index contributed by atoms with van der Waals surface area (Å²) in [5.74, 6) is -2.25. The summed E-state index contributed by atoms with van der Waals surface area (Å²) < 4.78 is 39.4. The summed E-state index contributed by atoms with van der Waals surface area (Å²) in [5, 5.41) is 15.2. The first kappa shape index (κ1) is 27.8. The van der Waals surface area contributed by atoms with Crippen molar-refractivity contribution in [3.8, 4) is 11.3 Å². The van der Waals surface area contributed by atoms with Crippen LogP contribution in [0.25, 0.3) is 11.3 Å². The lowest BCUT2D eigenvalue weighted by atomic mass is 9.95. The molecule has 0 bridgehead atoms. The molecule has 0 unspecified atom stereocenters. The third-order valence-electron chi connectivity index (χ3n) is 6.77. The predicted octanol–water partition coefficient (Wildman–Crippen LogP) is 4.93. The first-order chi connectivity index (χ1) is 18.6. The second-order valence-corrected chi connectivity index (χ2v) is 11.1. The molecule has 12 heteroatoms. The number of nitro groups is 1. The van der Waals surface area contributed by atoms with Gasteiger partial charge in [0.2, 0.25) is 0 Å². The molecule has 0 spiro atoms. The number of benzene rings is 2. The molecule has 39 heavy (non-hydrogen) atoms. The zero-order valence-electron chi connectivity index (χ0n) is 21.8. The van der Waals surface area contributed by atoms with Crippen LogP contribution in [0.5, 0.6) is 0 Å². The van der Waals surface area contributed by atoms with Gasteiger partial charge in [-0.3, -0.25) is 10.1 Å². The Morgan fingerprint density at radius 1 is 0.949 bits per heavy atom. The summed E-state index contributed by atoms with van der Waals surface area (Å²) in [7, 11) is -2.35. The van der Waals surface area contributed by atoms with E-state index in [0.717, 1.165) is 43.0 Å². The number of methoxy groups -OCH3 is 2. The highest BCUT2D eigenvalue weighted by molar-refractivity contribution is 7.90. The number of carbonyl (C=O) groups excluding carboxylic acids is 2. The molecular formula is C27H29N3O8S. The van der Waals surface area contributed by atoms with Crippen LogP contribution in [0.3, 0.4) is 0 Å². The highest BCUT2D eigenvalue weighted by Gasteiger charge is 2.40. The maximum Gasteiger partial charge on any atom is 0.342 e. The van der Waals surface area contributed by atoms with Crippen LogP contribution < -0.4 is 5.32 Å². The number of nitrogens with zero attached hydrogens (tertiary/aromatic N) is 2. The zero-order chi connectivity index (χ0) is 28.3. The number of carbonyl (C=O) groups is 2. The Labute approximate surface area is 225 Å². The van der Waals surface area contributed by atoms with E-state index in [4.69, 9.17) is 9.47 Å². The molecule has 0 radical (unpaired) electrons. The number of hydrogen-bond acceptors (Lipinski definition) is 9. The Balaban J connectivity index is 2.20. The summed E-state index contributed by atoms with van der Waals surface area (Å²) >= 11 is 0. The molecule has 1 heterocycles. The molecule has 4 rings (SSSR count). The summed E-state index contributed by atoms with van der Waals surface area (Å²) in [6, 6.07) is 11.2. The van der Waals surface area contributed by atoms with E-state index in [1.54, 1.807) is 19.1 Å². The minimum Gasteiger partial charge on any atom is -0.465 e. The lowest BCUT2D eigenvalue weighted by Crippen LogP contribution is -2.27. The van der Waals surface area contributed by atoms with Crippen LogP contribution in [0, 0.1) is 17.0 Å². The van der Waals surface area contributed by atoms with Gasteiger partial charge in [0.05, 0.1) is 35.3 Å². The molecule has 1 fully saturated rings. The smallest absolute Gasteiger partial charge is 0.342 e. The van der Waals surface area contributed by atoms with E-state index in [0.29, 0.717) is 12.8 Å². The van der Waals surface area contributed by atoms with Gasteiger partial charge in [0, 0.05) is 12.1 Å². The number of para-hydroxylation sites is 1. The minimum absolute atomic E-state index is 0.137. The van der Waals surface area contributed by atoms with Crippen molar-refractivity contribution in [1.29, 1.82) is 0 Å². The second kappa shape index (κ2) is 11.3. The molecule has 1 aromatic heterocycles. The fourth-order valence-electron chi connectivity index (χ4n) is 4.86. The van der Waals surface area contributed by atoms with E-state index < -0.39 is 38.1 Å². The number of nitrogens with one attached hydrogen (secondary N) is 1. The van der Waals surface area contributed by atoms with Gasteiger partial charge in [-0.15, -0.1) is 0 Å². The Morgan fingerprint density at radius 3 is 2.13 bits per heavy atom. The molecule has 0 aliphatic heterocycles. The number of ether oxygens (including phenoxy) is 2. The number of anilines is 1. The van der Waals surface area contributed by atoms with Gasteiger partial charge in [0.1, 0.15) is 16.9 Å². The lowest BCUT2D eigenvalue weighted by Gasteiger charge is -2.25. The Hall–Kier alpha value is -4.19. The van der Waals surface area contributed by atoms with Crippen LogP contribution in [0.15, 0.2) is 53.4 Å². The number of rotatable bonds is 8. The summed E-state index contributed by atoms with van der Waals surface area (Å²) in [5.41, 5.74) is -1.02. The highest BCUT2D eigenvalue weighted by atomic mass is 32.2. The monoisotopic (exact) mass is 555 g/mol. The SMILES string of the molecule is COC(=O)c1c(C(=O)OC)c(-c2ccccc2[N+](=O)[O-])n(S(=O)(=O)c2ccc(C)cc2)c1NC1CCCCC1. The molecule has 11 nitrogen and oxygen atoms in total. The van der Waals surface area contributed by atoms with E-state index in [1.807, 2.05) is 0 Å². The van der Waals surface area contributed by atoms with Gasteiger partial charge in [-0.2, -0.15) is 0 Å². The molecule has 1 saturated carbocycles. The number of aryl methyl sites for hydroxylation is 1. The maximum absolute atomic E-state index is 14.3. The Bertz CT molecular complexity index is 1520. The van der Waals surface area contributed by atoms with Crippen LogP contribution in [0.1, 0.15) is 58.4 Å². The number of aromatic nitrogens is 1. The molecule has 0 atom stereocenters. The van der Waals surface area contributed by atoms with Crippen LogP contribution in [0.2, 0.25) is 0 Å². The van der Waals surface area contributed by atoms with Crippen molar-refractivity contribution in [3.05, 3.63) is 75.3 Å².